The zero-order valence-electron chi connectivity index (χ0n) is 11.4. The summed E-state index contributed by atoms with van der Waals surface area (Å²) in [6.07, 6.45) is 1.39. The van der Waals surface area contributed by atoms with Crippen molar-refractivity contribution in [2.45, 2.75) is 26.9 Å². The molecule has 0 atom stereocenters. The summed E-state index contributed by atoms with van der Waals surface area (Å²) in [4.78, 5) is 15.4. The van der Waals surface area contributed by atoms with E-state index in [1.807, 2.05) is 0 Å². The van der Waals surface area contributed by atoms with E-state index in [2.05, 4.69) is 15.4 Å². The standard InChI is InChI=1S/C13H16FN5O/c1-8-3-10(4-9(2)12(8)14)5-16-11(20)6-19-7-17-13(15)18-19/h3-4,7H,5-6H2,1-2H3,(H2,15,18)(H,16,20). The summed E-state index contributed by atoms with van der Waals surface area (Å²) in [5.41, 5.74) is 7.35. The highest BCUT2D eigenvalue weighted by atomic mass is 19.1. The molecule has 1 aromatic carbocycles. The first-order chi connectivity index (χ1) is 9.45. The van der Waals surface area contributed by atoms with E-state index in [1.54, 1.807) is 26.0 Å². The van der Waals surface area contributed by atoms with Gasteiger partial charge in [-0.3, -0.25) is 4.79 Å². The van der Waals surface area contributed by atoms with Crippen LogP contribution in [0.4, 0.5) is 10.3 Å². The molecular weight excluding hydrogens is 261 g/mol. The molecule has 0 unspecified atom stereocenters. The van der Waals surface area contributed by atoms with Gasteiger partial charge in [-0.1, -0.05) is 12.1 Å². The van der Waals surface area contributed by atoms with Crippen molar-refractivity contribution in [3.63, 3.8) is 0 Å². The summed E-state index contributed by atoms with van der Waals surface area (Å²) in [5, 5.41) is 6.56. The summed E-state index contributed by atoms with van der Waals surface area (Å²) in [6, 6.07) is 3.44. The van der Waals surface area contributed by atoms with Crippen LogP contribution in [0.2, 0.25) is 0 Å². The Labute approximate surface area is 115 Å². The molecule has 0 aliphatic carbocycles. The van der Waals surface area contributed by atoms with Gasteiger partial charge in [0.2, 0.25) is 11.9 Å². The first-order valence-electron chi connectivity index (χ1n) is 6.13. The maximum atomic E-state index is 13.5. The van der Waals surface area contributed by atoms with Crippen LogP contribution < -0.4 is 11.1 Å². The number of halogens is 1. The molecule has 0 saturated heterocycles. The molecule has 0 radical (unpaired) electrons. The molecule has 1 amide bonds. The van der Waals surface area contributed by atoms with E-state index < -0.39 is 0 Å². The largest absolute Gasteiger partial charge is 0.367 e. The van der Waals surface area contributed by atoms with Crippen molar-refractivity contribution >= 4 is 11.9 Å². The minimum Gasteiger partial charge on any atom is -0.367 e. The summed E-state index contributed by atoms with van der Waals surface area (Å²) < 4.78 is 14.8. The van der Waals surface area contributed by atoms with Crippen LogP contribution in [0.1, 0.15) is 16.7 Å². The molecule has 6 nitrogen and oxygen atoms in total. The fourth-order valence-corrected chi connectivity index (χ4v) is 1.93. The van der Waals surface area contributed by atoms with Gasteiger partial charge in [0.05, 0.1) is 0 Å². The molecule has 0 aliphatic heterocycles. The second-order valence-corrected chi connectivity index (χ2v) is 4.62. The van der Waals surface area contributed by atoms with E-state index >= 15 is 0 Å². The lowest BCUT2D eigenvalue weighted by atomic mass is 10.1. The van der Waals surface area contributed by atoms with Crippen LogP contribution in [0.3, 0.4) is 0 Å². The summed E-state index contributed by atoms with van der Waals surface area (Å²) in [5.74, 6) is -0.296. The Kier molecular flexibility index (Phi) is 3.97. The number of aromatic nitrogens is 3. The molecule has 0 fully saturated rings. The molecule has 1 aromatic heterocycles. The Hall–Kier alpha value is -2.44. The molecule has 20 heavy (non-hydrogen) atoms. The Morgan fingerprint density at radius 1 is 1.40 bits per heavy atom. The fourth-order valence-electron chi connectivity index (χ4n) is 1.93. The number of aryl methyl sites for hydroxylation is 2. The average Bonchev–Trinajstić information content (AvgIpc) is 2.78. The summed E-state index contributed by atoms with van der Waals surface area (Å²) in [7, 11) is 0. The van der Waals surface area contributed by atoms with Crippen LogP contribution in [0, 0.1) is 19.7 Å². The number of hydrogen-bond donors (Lipinski definition) is 2. The quantitative estimate of drug-likeness (QED) is 0.870. The molecule has 0 saturated carbocycles. The van der Waals surface area contributed by atoms with E-state index in [-0.39, 0.29) is 24.2 Å². The molecule has 7 heteroatoms. The van der Waals surface area contributed by atoms with Crippen LogP contribution in [0.15, 0.2) is 18.5 Å². The third kappa shape index (κ3) is 3.31. The zero-order chi connectivity index (χ0) is 14.7. The van der Waals surface area contributed by atoms with Crippen molar-refractivity contribution in [2.75, 3.05) is 5.73 Å². The molecule has 2 aromatic rings. The van der Waals surface area contributed by atoms with Crippen LogP contribution >= 0.6 is 0 Å². The van der Waals surface area contributed by atoms with Crippen molar-refractivity contribution in [1.29, 1.82) is 0 Å². The second kappa shape index (κ2) is 5.68. The van der Waals surface area contributed by atoms with Crippen molar-refractivity contribution in [2.24, 2.45) is 0 Å². The van der Waals surface area contributed by atoms with E-state index in [9.17, 15) is 9.18 Å². The lowest BCUT2D eigenvalue weighted by Gasteiger charge is -2.08. The number of nitrogen functional groups attached to an aromatic ring is 1. The van der Waals surface area contributed by atoms with E-state index in [4.69, 9.17) is 5.73 Å². The first-order valence-corrected chi connectivity index (χ1v) is 6.13. The molecular formula is C13H16FN5O. The van der Waals surface area contributed by atoms with E-state index in [1.165, 1.54) is 11.0 Å². The highest BCUT2D eigenvalue weighted by molar-refractivity contribution is 5.75. The molecule has 0 spiro atoms. The van der Waals surface area contributed by atoms with Gasteiger partial charge in [0.25, 0.3) is 0 Å². The molecule has 106 valence electrons. The molecule has 2 rings (SSSR count). The van der Waals surface area contributed by atoms with Crippen molar-refractivity contribution < 1.29 is 9.18 Å². The maximum absolute atomic E-state index is 13.5. The Bertz CT molecular complexity index is 614. The number of nitrogens with zero attached hydrogens (tertiary/aromatic N) is 3. The van der Waals surface area contributed by atoms with Gasteiger partial charge >= 0.3 is 0 Å². The van der Waals surface area contributed by atoms with Crippen LogP contribution in [-0.4, -0.2) is 20.7 Å². The van der Waals surface area contributed by atoms with Crippen LogP contribution in [0.5, 0.6) is 0 Å². The fraction of sp³-hybridized carbons (Fsp3) is 0.308. The number of nitrogens with two attached hydrogens (primary N) is 1. The number of anilines is 1. The lowest BCUT2D eigenvalue weighted by Crippen LogP contribution is -2.27. The van der Waals surface area contributed by atoms with E-state index in [0.29, 0.717) is 17.7 Å². The molecule has 0 aliphatic rings. The minimum atomic E-state index is -0.213. The SMILES string of the molecule is Cc1cc(CNC(=O)Cn2cnc(N)n2)cc(C)c1F. The Balaban J connectivity index is 1.93. The molecule has 0 bridgehead atoms. The smallest absolute Gasteiger partial charge is 0.242 e. The highest BCUT2D eigenvalue weighted by Crippen LogP contribution is 2.14. The summed E-state index contributed by atoms with van der Waals surface area (Å²) in [6.45, 7) is 3.78. The normalized spacial score (nSPS) is 10.6. The van der Waals surface area contributed by atoms with Gasteiger partial charge in [0.1, 0.15) is 18.7 Å². The van der Waals surface area contributed by atoms with Gasteiger partial charge in [-0.2, -0.15) is 0 Å². The number of carbonyl (C=O) groups is 1. The number of hydrogen-bond acceptors (Lipinski definition) is 4. The minimum absolute atomic E-state index is 0.0450. The van der Waals surface area contributed by atoms with Gasteiger partial charge in [-0.25, -0.2) is 14.1 Å². The van der Waals surface area contributed by atoms with Crippen molar-refractivity contribution in [3.05, 3.63) is 41.0 Å². The Morgan fingerprint density at radius 3 is 2.60 bits per heavy atom. The topological polar surface area (TPSA) is 85.8 Å². The highest BCUT2D eigenvalue weighted by Gasteiger charge is 2.07. The van der Waals surface area contributed by atoms with Crippen molar-refractivity contribution in [1.82, 2.24) is 20.1 Å². The van der Waals surface area contributed by atoms with Crippen molar-refractivity contribution in [3.8, 4) is 0 Å². The van der Waals surface area contributed by atoms with Gasteiger partial charge in [0, 0.05) is 6.54 Å². The van der Waals surface area contributed by atoms with Gasteiger partial charge < -0.3 is 11.1 Å². The average molecular weight is 277 g/mol. The molecule has 1 heterocycles. The lowest BCUT2D eigenvalue weighted by molar-refractivity contribution is -0.122. The van der Waals surface area contributed by atoms with Crippen LogP contribution in [-0.2, 0) is 17.9 Å². The third-order valence-corrected chi connectivity index (χ3v) is 2.85. The summed E-state index contributed by atoms with van der Waals surface area (Å²) >= 11 is 0. The monoisotopic (exact) mass is 277 g/mol. The van der Waals surface area contributed by atoms with Gasteiger partial charge in [-0.05, 0) is 30.5 Å². The second-order valence-electron chi connectivity index (χ2n) is 4.62. The van der Waals surface area contributed by atoms with Crippen LogP contribution in [0.25, 0.3) is 0 Å². The zero-order valence-corrected chi connectivity index (χ0v) is 11.4. The number of amides is 1. The van der Waals surface area contributed by atoms with E-state index in [0.717, 1.165) is 5.56 Å². The predicted molar refractivity (Wildman–Crippen MR) is 72.2 cm³/mol. The number of nitrogens with one attached hydrogen (secondary N) is 1. The molecule has 3 N–H and O–H groups in total. The predicted octanol–water partition coefficient (Wildman–Crippen LogP) is 0.933. The maximum Gasteiger partial charge on any atom is 0.242 e. The van der Waals surface area contributed by atoms with Gasteiger partial charge in [0.15, 0.2) is 0 Å². The number of rotatable bonds is 4. The first kappa shape index (κ1) is 14.0. The number of carbonyl (C=O) groups excluding carboxylic acids is 1. The van der Waals surface area contributed by atoms with Gasteiger partial charge in [-0.15, -0.1) is 5.10 Å². The third-order valence-electron chi connectivity index (χ3n) is 2.85. The number of benzene rings is 1. The Morgan fingerprint density at radius 2 is 2.05 bits per heavy atom.